The number of likely N-dealkylation sites (tertiary alicyclic amines) is 1. The van der Waals surface area contributed by atoms with Crippen molar-refractivity contribution >= 4 is 12.4 Å². The van der Waals surface area contributed by atoms with Gasteiger partial charge in [0.15, 0.2) is 5.82 Å². The molecule has 0 spiro atoms. The Labute approximate surface area is 129 Å². The van der Waals surface area contributed by atoms with Gasteiger partial charge in [0.2, 0.25) is 0 Å². The SMILES string of the molecule is C[C@@H]1CCCN1Cc1nnnn1-c1ccc(C#N)cc1.Cl. The number of halogens is 1. The molecule has 1 aromatic carbocycles. The molecule has 1 aliphatic heterocycles. The monoisotopic (exact) mass is 304 g/mol. The zero-order valence-corrected chi connectivity index (χ0v) is 12.6. The topological polar surface area (TPSA) is 70.6 Å². The van der Waals surface area contributed by atoms with Crippen molar-refractivity contribution in [2.75, 3.05) is 6.54 Å². The molecule has 2 aromatic rings. The third kappa shape index (κ3) is 3.20. The summed E-state index contributed by atoms with van der Waals surface area (Å²) in [4.78, 5) is 2.39. The Morgan fingerprint density at radius 2 is 2.10 bits per heavy atom. The Morgan fingerprint density at radius 1 is 1.33 bits per heavy atom. The molecule has 1 saturated heterocycles. The molecule has 7 heteroatoms. The summed E-state index contributed by atoms with van der Waals surface area (Å²) in [5.74, 6) is 0.837. The molecule has 0 saturated carbocycles. The normalized spacial score (nSPS) is 18.2. The molecule has 0 N–H and O–H groups in total. The van der Waals surface area contributed by atoms with Crippen molar-refractivity contribution in [3.8, 4) is 11.8 Å². The highest BCUT2D eigenvalue weighted by atomic mass is 35.5. The third-order valence-corrected chi connectivity index (χ3v) is 3.81. The lowest BCUT2D eigenvalue weighted by Gasteiger charge is -2.19. The lowest BCUT2D eigenvalue weighted by Crippen LogP contribution is -2.27. The van der Waals surface area contributed by atoms with Crippen LogP contribution in [-0.2, 0) is 6.54 Å². The van der Waals surface area contributed by atoms with Crippen molar-refractivity contribution in [1.82, 2.24) is 25.1 Å². The first-order valence-electron chi connectivity index (χ1n) is 6.80. The Balaban J connectivity index is 0.00000161. The van der Waals surface area contributed by atoms with Crippen molar-refractivity contribution in [1.29, 1.82) is 5.26 Å². The molecular formula is C14H17ClN6. The van der Waals surface area contributed by atoms with Gasteiger partial charge in [0.25, 0.3) is 0 Å². The molecule has 1 aliphatic rings. The van der Waals surface area contributed by atoms with Crippen LogP contribution in [0.4, 0.5) is 0 Å². The smallest absolute Gasteiger partial charge is 0.170 e. The van der Waals surface area contributed by atoms with E-state index in [1.54, 1.807) is 16.8 Å². The number of hydrogen-bond donors (Lipinski definition) is 0. The van der Waals surface area contributed by atoms with Crippen LogP contribution in [0.25, 0.3) is 5.69 Å². The molecule has 21 heavy (non-hydrogen) atoms. The average molecular weight is 305 g/mol. The van der Waals surface area contributed by atoms with Crippen LogP contribution in [0.1, 0.15) is 31.2 Å². The highest BCUT2D eigenvalue weighted by Crippen LogP contribution is 2.19. The van der Waals surface area contributed by atoms with Gasteiger partial charge in [-0.1, -0.05) is 0 Å². The van der Waals surface area contributed by atoms with Gasteiger partial charge in [0.1, 0.15) is 0 Å². The number of aromatic nitrogens is 4. The Hall–Kier alpha value is -1.97. The first kappa shape index (κ1) is 15.4. The standard InChI is InChI=1S/C14H16N6.ClH/c1-11-3-2-8-19(11)10-14-16-17-18-20(14)13-6-4-12(9-15)5-7-13;/h4-7,11H,2-3,8,10H2,1H3;1H/t11-;/m1./s1. The van der Waals surface area contributed by atoms with Gasteiger partial charge in [0, 0.05) is 6.04 Å². The van der Waals surface area contributed by atoms with E-state index in [-0.39, 0.29) is 12.4 Å². The number of hydrogen-bond acceptors (Lipinski definition) is 5. The maximum absolute atomic E-state index is 8.83. The number of rotatable bonds is 3. The second kappa shape index (κ2) is 6.66. The number of nitriles is 1. The molecule has 1 aromatic heterocycles. The van der Waals surface area contributed by atoms with E-state index >= 15 is 0 Å². The van der Waals surface area contributed by atoms with Crippen LogP contribution in [0.15, 0.2) is 24.3 Å². The summed E-state index contributed by atoms with van der Waals surface area (Å²) >= 11 is 0. The van der Waals surface area contributed by atoms with Gasteiger partial charge in [-0.05, 0) is 61.0 Å². The summed E-state index contributed by atoms with van der Waals surface area (Å²) in [6.45, 7) is 4.10. The quantitative estimate of drug-likeness (QED) is 0.866. The Morgan fingerprint density at radius 3 is 2.71 bits per heavy atom. The van der Waals surface area contributed by atoms with Gasteiger partial charge < -0.3 is 0 Å². The molecule has 1 fully saturated rings. The van der Waals surface area contributed by atoms with Crippen LogP contribution in [0, 0.1) is 11.3 Å². The molecule has 0 unspecified atom stereocenters. The van der Waals surface area contributed by atoms with Crippen molar-refractivity contribution < 1.29 is 0 Å². The third-order valence-electron chi connectivity index (χ3n) is 3.81. The molecule has 0 aliphatic carbocycles. The van der Waals surface area contributed by atoms with E-state index in [4.69, 9.17) is 5.26 Å². The molecule has 6 nitrogen and oxygen atoms in total. The maximum atomic E-state index is 8.83. The summed E-state index contributed by atoms with van der Waals surface area (Å²) in [6, 6.07) is 9.98. The van der Waals surface area contributed by atoms with Crippen molar-refractivity contribution in [3.05, 3.63) is 35.7 Å². The summed E-state index contributed by atoms with van der Waals surface area (Å²) < 4.78 is 1.74. The first-order chi connectivity index (χ1) is 9.78. The van der Waals surface area contributed by atoms with Gasteiger partial charge in [-0.3, -0.25) is 4.90 Å². The zero-order chi connectivity index (χ0) is 13.9. The van der Waals surface area contributed by atoms with Crippen LogP contribution < -0.4 is 0 Å². The molecule has 110 valence electrons. The zero-order valence-electron chi connectivity index (χ0n) is 11.8. The second-order valence-corrected chi connectivity index (χ2v) is 5.13. The summed E-state index contributed by atoms with van der Waals surface area (Å²) in [7, 11) is 0. The molecule has 2 heterocycles. The van der Waals surface area contributed by atoms with E-state index in [2.05, 4.69) is 33.4 Å². The van der Waals surface area contributed by atoms with Crippen molar-refractivity contribution in [2.24, 2.45) is 0 Å². The van der Waals surface area contributed by atoms with E-state index in [0.717, 1.165) is 24.6 Å². The lowest BCUT2D eigenvalue weighted by molar-refractivity contribution is 0.251. The predicted octanol–water partition coefficient (Wildman–Crippen LogP) is 1.94. The second-order valence-electron chi connectivity index (χ2n) is 5.13. The minimum atomic E-state index is 0. The van der Waals surface area contributed by atoms with Crippen LogP contribution in [-0.4, -0.2) is 37.7 Å². The predicted molar refractivity (Wildman–Crippen MR) is 80.2 cm³/mol. The molecule has 0 radical (unpaired) electrons. The molecule has 0 bridgehead atoms. The van der Waals surface area contributed by atoms with Crippen LogP contribution >= 0.6 is 12.4 Å². The van der Waals surface area contributed by atoms with Crippen molar-refractivity contribution in [3.63, 3.8) is 0 Å². The molecule has 3 rings (SSSR count). The van der Waals surface area contributed by atoms with Crippen LogP contribution in [0.2, 0.25) is 0 Å². The highest BCUT2D eigenvalue weighted by Gasteiger charge is 2.22. The van der Waals surface area contributed by atoms with E-state index in [1.165, 1.54) is 12.8 Å². The van der Waals surface area contributed by atoms with Gasteiger partial charge in [0.05, 0.1) is 23.9 Å². The minimum Gasteiger partial charge on any atom is -0.293 e. The largest absolute Gasteiger partial charge is 0.293 e. The molecular weight excluding hydrogens is 288 g/mol. The van der Waals surface area contributed by atoms with E-state index < -0.39 is 0 Å². The minimum absolute atomic E-state index is 0. The lowest BCUT2D eigenvalue weighted by atomic mass is 10.2. The Kier molecular flexibility index (Phi) is 4.89. The average Bonchev–Trinajstić information content (AvgIpc) is 3.09. The maximum Gasteiger partial charge on any atom is 0.170 e. The molecule has 0 amide bonds. The fraction of sp³-hybridized carbons (Fsp3) is 0.429. The summed E-state index contributed by atoms with van der Waals surface area (Å²) in [5, 5.41) is 20.8. The highest BCUT2D eigenvalue weighted by molar-refractivity contribution is 5.85. The number of tetrazole rings is 1. The fourth-order valence-electron chi connectivity index (χ4n) is 2.59. The first-order valence-corrected chi connectivity index (χ1v) is 6.80. The van der Waals surface area contributed by atoms with Crippen LogP contribution in [0.5, 0.6) is 0 Å². The van der Waals surface area contributed by atoms with Gasteiger partial charge in [-0.25, -0.2) is 0 Å². The van der Waals surface area contributed by atoms with Crippen LogP contribution in [0.3, 0.4) is 0 Å². The number of benzene rings is 1. The van der Waals surface area contributed by atoms with E-state index in [1.807, 2.05) is 12.1 Å². The van der Waals surface area contributed by atoms with Gasteiger partial charge in [-0.2, -0.15) is 9.94 Å². The number of nitrogens with zero attached hydrogens (tertiary/aromatic N) is 6. The molecule has 1 atom stereocenters. The van der Waals surface area contributed by atoms with Crippen molar-refractivity contribution in [2.45, 2.75) is 32.4 Å². The van der Waals surface area contributed by atoms with Gasteiger partial charge in [-0.15, -0.1) is 17.5 Å². The fourth-order valence-corrected chi connectivity index (χ4v) is 2.59. The summed E-state index contributed by atoms with van der Waals surface area (Å²) in [5.41, 5.74) is 1.52. The van der Waals surface area contributed by atoms with E-state index in [9.17, 15) is 0 Å². The van der Waals surface area contributed by atoms with Gasteiger partial charge >= 0.3 is 0 Å². The Bertz CT molecular complexity index is 630. The summed E-state index contributed by atoms with van der Waals surface area (Å²) in [6.07, 6.45) is 2.47. The van der Waals surface area contributed by atoms with E-state index in [0.29, 0.717) is 11.6 Å².